The van der Waals surface area contributed by atoms with E-state index >= 15 is 0 Å². The van der Waals surface area contributed by atoms with Gasteiger partial charge in [-0.05, 0) is 30.9 Å². The van der Waals surface area contributed by atoms with Crippen molar-refractivity contribution < 1.29 is 0 Å². The Morgan fingerprint density at radius 2 is 1.38 bits per heavy atom. The van der Waals surface area contributed by atoms with Crippen LogP contribution < -0.4 is 0 Å². The second-order valence-corrected chi connectivity index (χ2v) is 6.41. The average Bonchev–Trinajstić information content (AvgIpc) is 2.08. The van der Waals surface area contributed by atoms with Gasteiger partial charge in [0.25, 0.3) is 0 Å². The van der Waals surface area contributed by atoms with Gasteiger partial charge in [0.05, 0.1) is 0 Å². The van der Waals surface area contributed by atoms with Crippen LogP contribution in [0.4, 0.5) is 0 Å². The third-order valence-electron chi connectivity index (χ3n) is 2.92. The number of allylic oxidation sites excluding steroid dienone is 3. The van der Waals surface area contributed by atoms with E-state index < -0.39 is 0 Å². The molecule has 0 spiro atoms. The molecule has 1 nitrogen and oxygen atoms in total. The minimum atomic E-state index is 0.0567. The number of aliphatic imine (C=N–C) groups is 1. The van der Waals surface area contributed by atoms with E-state index in [1.807, 2.05) is 6.08 Å². The Morgan fingerprint density at radius 3 is 1.62 bits per heavy atom. The van der Waals surface area contributed by atoms with Crippen LogP contribution in [0.2, 0.25) is 0 Å². The van der Waals surface area contributed by atoms with Gasteiger partial charge in [-0.3, -0.25) is 4.99 Å². The zero-order chi connectivity index (χ0) is 13.1. The Morgan fingerprint density at radius 1 is 0.938 bits per heavy atom. The Hall–Kier alpha value is -0.850. The van der Waals surface area contributed by atoms with Crippen LogP contribution in [0.5, 0.6) is 0 Å². The SMILES string of the molecule is C=C/C(=N\C(C)=C(/C)C(C)(C)C)C(C)(C)C. The van der Waals surface area contributed by atoms with Gasteiger partial charge in [0.2, 0.25) is 0 Å². The first-order valence-corrected chi connectivity index (χ1v) is 5.89. The fourth-order valence-electron chi connectivity index (χ4n) is 1.33. The highest BCUT2D eigenvalue weighted by atomic mass is 14.8. The van der Waals surface area contributed by atoms with E-state index in [1.54, 1.807) is 0 Å². The van der Waals surface area contributed by atoms with Crippen LogP contribution in [0.25, 0.3) is 0 Å². The number of hydrogen-bond donors (Lipinski definition) is 0. The molecule has 0 aromatic carbocycles. The van der Waals surface area contributed by atoms with E-state index in [4.69, 9.17) is 4.99 Å². The maximum Gasteiger partial charge on any atom is 0.0454 e. The lowest BCUT2D eigenvalue weighted by atomic mass is 9.86. The van der Waals surface area contributed by atoms with Crippen molar-refractivity contribution in [1.29, 1.82) is 0 Å². The van der Waals surface area contributed by atoms with Crippen molar-refractivity contribution in [3.63, 3.8) is 0 Å². The van der Waals surface area contributed by atoms with Gasteiger partial charge >= 0.3 is 0 Å². The van der Waals surface area contributed by atoms with Crippen LogP contribution in [0, 0.1) is 10.8 Å². The summed E-state index contributed by atoms with van der Waals surface area (Å²) in [6, 6.07) is 0. The van der Waals surface area contributed by atoms with Crippen molar-refractivity contribution in [3.05, 3.63) is 23.9 Å². The zero-order valence-electron chi connectivity index (χ0n) is 12.2. The summed E-state index contributed by atoms with van der Waals surface area (Å²) >= 11 is 0. The molecule has 16 heavy (non-hydrogen) atoms. The smallest absolute Gasteiger partial charge is 0.0454 e. The molecule has 0 aromatic heterocycles. The summed E-state index contributed by atoms with van der Waals surface area (Å²) in [6.07, 6.45) is 1.86. The quantitative estimate of drug-likeness (QED) is 0.582. The second-order valence-electron chi connectivity index (χ2n) is 6.41. The molecule has 92 valence electrons. The summed E-state index contributed by atoms with van der Waals surface area (Å²) < 4.78 is 0. The molecule has 0 amide bonds. The Bertz CT molecular complexity index is 316. The van der Waals surface area contributed by atoms with Crippen molar-refractivity contribution in [2.24, 2.45) is 15.8 Å². The molecule has 0 bridgehead atoms. The van der Waals surface area contributed by atoms with Crippen LogP contribution in [0.1, 0.15) is 55.4 Å². The molecule has 0 aromatic rings. The predicted octanol–water partition coefficient (Wildman–Crippen LogP) is 5.00. The van der Waals surface area contributed by atoms with E-state index in [1.165, 1.54) is 5.57 Å². The molecule has 0 fully saturated rings. The first-order valence-electron chi connectivity index (χ1n) is 5.89. The summed E-state index contributed by atoms with van der Waals surface area (Å²) in [5.41, 5.74) is 3.72. The molecule has 0 heterocycles. The van der Waals surface area contributed by atoms with Crippen LogP contribution >= 0.6 is 0 Å². The van der Waals surface area contributed by atoms with Crippen molar-refractivity contribution >= 4 is 5.71 Å². The molecule has 1 heteroatoms. The largest absolute Gasteiger partial charge is 0.258 e. The summed E-state index contributed by atoms with van der Waals surface area (Å²) in [4.78, 5) is 4.71. The second kappa shape index (κ2) is 4.99. The standard InChI is InChI=1S/C15H27N/c1-10-13(15(7,8)9)16-12(3)11(2)14(4,5)6/h10H,1H2,2-9H3/b12-11+,16-13+. The molecular weight excluding hydrogens is 194 g/mol. The maximum atomic E-state index is 4.71. The third kappa shape index (κ3) is 4.34. The Kier molecular flexibility index (Phi) is 4.72. The summed E-state index contributed by atoms with van der Waals surface area (Å²) in [7, 11) is 0. The first-order chi connectivity index (χ1) is 7.00. The summed E-state index contributed by atoms with van der Waals surface area (Å²) in [5.74, 6) is 0. The highest BCUT2D eigenvalue weighted by molar-refractivity contribution is 5.99. The molecule has 0 atom stereocenters. The average molecular weight is 221 g/mol. The van der Waals surface area contributed by atoms with E-state index in [0.29, 0.717) is 0 Å². The third-order valence-corrected chi connectivity index (χ3v) is 2.92. The maximum absolute atomic E-state index is 4.71. The molecule has 0 unspecified atom stereocenters. The first kappa shape index (κ1) is 15.2. The van der Waals surface area contributed by atoms with Gasteiger partial charge in [-0.15, -0.1) is 0 Å². The van der Waals surface area contributed by atoms with Crippen LogP contribution in [0.3, 0.4) is 0 Å². The van der Waals surface area contributed by atoms with Gasteiger partial charge in [-0.1, -0.05) is 48.1 Å². The molecule has 0 saturated heterocycles. The van der Waals surface area contributed by atoms with E-state index in [2.05, 4.69) is 62.0 Å². The van der Waals surface area contributed by atoms with Crippen LogP contribution in [0.15, 0.2) is 28.9 Å². The molecular formula is C15H27N. The number of hydrogen-bond acceptors (Lipinski definition) is 1. The molecule has 0 radical (unpaired) electrons. The lowest BCUT2D eigenvalue weighted by Gasteiger charge is -2.23. The molecule has 0 saturated carbocycles. The lowest BCUT2D eigenvalue weighted by Crippen LogP contribution is -2.18. The number of rotatable bonds is 2. The molecule has 0 aliphatic heterocycles. The van der Waals surface area contributed by atoms with Gasteiger partial charge in [-0.2, -0.15) is 0 Å². The van der Waals surface area contributed by atoms with E-state index in [-0.39, 0.29) is 10.8 Å². The van der Waals surface area contributed by atoms with Gasteiger partial charge in [-0.25, -0.2) is 0 Å². The molecule has 0 rings (SSSR count). The zero-order valence-corrected chi connectivity index (χ0v) is 12.2. The molecule has 0 aliphatic carbocycles. The van der Waals surface area contributed by atoms with Gasteiger partial charge in [0.15, 0.2) is 0 Å². The van der Waals surface area contributed by atoms with Crippen molar-refractivity contribution in [1.82, 2.24) is 0 Å². The Balaban J connectivity index is 5.39. The highest BCUT2D eigenvalue weighted by Gasteiger charge is 2.18. The fourth-order valence-corrected chi connectivity index (χ4v) is 1.33. The highest BCUT2D eigenvalue weighted by Crippen LogP contribution is 2.29. The fraction of sp³-hybridized carbons (Fsp3) is 0.667. The monoisotopic (exact) mass is 221 g/mol. The van der Waals surface area contributed by atoms with Crippen molar-refractivity contribution in [3.8, 4) is 0 Å². The lowest BCUT2D eigenvalue weighted by molar-refractivity contribution is 0.497. The van der Waals surface area contributed by atoms with Crippen LogP contribution in [-0.2, 0) is 0 Å². The topological polar surface area (TPSA) is 12.4 Å². The summed E-state index contributed by atoms with van der Waals surface area (Å²) in [6.45, 7) is 21.2. The van der Waals surface area contributed by atoms with Crippen molar-refractivity contribution in [2.45, 2.75) is 55.4 Å². The molecule has 0 aliphatic rings. The minimum absolute atomic E-state index is 0.0567. The molecule has 0 N–H and O–H groups in total. The van der Waals surface area contributed by atoms with E-state index in [9.17, 15) is 0 Å². The number of nitrogens with zero attached hydrogens (tertiary/aromatic N) is 1. The normalized spacial score (nSPS) is 15.9. The van der Waals surface area contributed by atoms with Gasteiger partial charge in [0, 0.05) is 16.8 Å². The summed E-state index contributed by atoms with van der Waals surface area (Å²) in [5, 5.41) is 0. The van der Waals surface area contributed by atoms with Crippen molar-refractivity contribution in [2.75, 3.05) is 0 Å². The predicted molar refractivity (Wildman–Crippen MR) is 74.9 cm³/mol. The van der Waals surface area contributed by atoms with Crippen LogP contribution in [-0.4, -0.2) is 5.71 Å². The Labute approximate surface area is 101 Å². The minimum Gasteiger partial charge on any atom is -0.258 e. The van der Waals surface area contributed by atoms with E-state index in [0.717, 1.165) is 11.4 Å². The van der Waals surface area contributed by atoms with Gasteiger partial charge in [0.1, 0.15) is 0 Å². The van der Waals surface area contributed by atoms with Gasteiger partial charge < -0.3 is 0 Å².